The standard InChI is InChI=1S/C16H21N3O/c1-4-13(14-8-6-5-7-9-14)10-17-16(20)15-11-18-19(3)12(15)2/h5-9,11,13H,4,10H2,1-3H3,(H,17,20). The van der Waals surface area contributed by atoms with Crippen LogP contribution in [0.25, 0.3) is 0 Å². The molecule has 4 heteroatoms. The van der Waals surface area contributed by atoms with E-state index in [1.807, 2.05) is 32.2 Å². The van der Waals surface area contributed by atoms with Gasteiger partial charge in [0.25, 0.3) is 5.91 Å². The summed E-state index contributed by atoms with van der Waals surface area (Å²) in [6.07, 6.45) is 2.62. The van der Waals surface area contributed by atoms with E-state index in [9.17, 15) is 4.79 Å². The van der Waals surface area contributed by atoms with Crippen LogP contribution in [0.3, 0.4) is 0 Å². The van der Waals surface area contributed by atoms with Crippen LogP contribution in [-0.2, 0) is 7.05 Å². The monoisotopic (exact) mass is 271 g/mol. The number of aryl methyl sites for hydroxylation is 1. The number of benzene rings is 1. The zero-order chi connectivity index (χ0) is 14.5. The summed E-state index contributed by atoms with van der Waals surface area (Å²) in [5, 5.41) is 7.11. The van der Waals surface area contributed by atoms with Crippen LogP contribution >= 0.6 is 0 Å². The number of hydrogen-bond acceptors (Lipinski definition) is 2. The molecule has 1 heterocycles. The topological polar surface area (TPSA) is 46.9 Å². The molecule has 0 fully saturated rings. The number of carbonyl (C=O) groups is 1. The van der Waals surface area contributed by atoms with Crippen molar-refractivity contribution in [1.29, 1.82) is 0 Å². The first kappa shape index (κ1) is 14.3. The maximum Gasteiger partial charge on any atom is 0.254 e. The predicted molar refractivity (Wildman–Crippen MR) is 79.8 cm³/mol. The lowest BCUT2D eigenvalue weighted by Gasteiger charge is -2.16. The fourth-order valence-electron chi connectivity index (χ4n) is 2.26. The molecule has 1 atom stereocenters. The molecule has 2 aromatic rings. The second-order valence-electron chi connectivity index (χ2n) is 4.99. The van der Waals surface area contributed by atoms with Crippen molar-refractivity contribution >= 4 is 5.91 Å². The molecule has 0 saturated carbocycles. The van der Waals surface area contributed by atoms with Gasteiger partial charge in [-0.05, 0) is 18.9 Å². The van der Waals surface area contributed by atoms with Crippen molar-refractivity contribution in [2.75, 3.05) is 6.54 Å². The first-order chi connectivity index (χ1) is 9.63. The lowest BCUT2D eigenvalue weighted by molar-refractivity contribution is 0.0950. The molecule has 2 rings (SSSR count). The minimum Gasteiger partial charge on any atom is -0.351 e. The fraction of sp³-hybridized carbons (Fsp3) is 0.375. The zero-order valence-corrected chi connectivity index (χ0v) is 12.3. The first-order valence-corrected chi connectivity index (χ1v) is 6.95. The van der Waals surface area contributed by atoms with Crippen molar-refractivity contribution in [3.05, 3.63) is 53.3 Å². The molecule has 0 aliphatic rings. The summed E-state index contributed by atoms with van der Waals surface area (Å²) in [4.78, 5) is 12.2. The Morgan fingerprint density at radius 1 is 1.35 bits per heavy atom. The number of aromatic nitrogens is 2. The predicted octanol–water partition coefficient (Wildman–Crippen LogP) is 2.65. The van der Waals surface area contributed by atoms with Crippen LogP contribution in [0, 0.1) is 6.92 Å². The number of nitrogens with zero attached hydrogens (tertiary/aromatic N) is 2. The smallest absolute Gasteiger partial charge is 0.254 e. The molecular formula is C16H21N3O. The highest BCUT2D eigenvalue weighted by atomic mass is 16.1. The van der Waals surface area contributed by atoms with E-state index in [0.717, 1.165) is 12.1 Å². The molecule has 0 bridgehead atoms. The SMILES string of the molecule is CCC(CNC(=O)c1cnn(C)c1C)c1ccccc1. The van der Waals surface area contributed by atoms with Crippen molar-refractivity contribution < 1.29 is 4.79 Å². The van der Waals surface area contributed by atoms with Gasteiger partial charge in [-0.3, -0.25) is 9.48 Å². The third-order valence-corrected chi connectivity index (χ3v) is 3.75. The zero-order valence-electron chi connectivity index (χ0n) is 12.3. The summed E-state index contributed by atoms with van der Waals surface area (Å²) >= 11 is 0. The molecular weight excluding hydrogens is 250 g/mol. The summed E-state index contributed by atoms with van der Waals surface area (Å²) < 4.78 is 1.71. The number of nitrogens with one attached hydrogen (secondary N) is 1. The van der Waals surface area contributed by atoms with Crippen molar-refractivity contribution in [2.24, 2.45) is 7.05 Å². The van der Waals surface area contributed by atoms with Gasteiger partial charge in [0.15, 0.2) is 0 Å². The summed E-state index contributed by atoms with van der Waals surface area (Å²) in [5.41, 5.74) is 2.80. The molecule has 0 radical (unpaired) electrons. The maximum absolute atomic E-state index is 12.2. The minimum atomic E-state index is -0.0509. The third-order valence-electron chi connectivity index (χ3n) is 3.75. The molecule has 1 unspecified atom stereocenters. The normalized spacial score (nSPS) is 12.2. The second kappa shape index (κ2) is 6.37. The molecule has 1 aromatic carbocycles. The fourth-order valence-corrected chi connectivity index (χ4v) is 2.26. The summed E-state index contributed by atoms with van der Waals surface area (Å²) in [7, 11) is 1.84. The molecule has 20 heavy (non-hydrogen) atoms. The number of hydrogen-bond donors (Lipinski definition) is 1. The molecule has 0 spiro atoms. The first-order valence-electron chi connectivity index (χ1n) is 6.95. The van der Waals surface area contributed by atoms with E-state index in [4.69, 9.17) is 0 Å². The second-order valence-corrected chi connectivity index (χ2v) is 4.99. The maximum atomic E-state index is 12.2. The Labute approximate surface area is 119 Å². The van der Waals surface area contributed by atoms with Gasteiger partial charge in [-0.1, -0.05) is 37.3 Å². The van der Waals surface area contributed by atoms with E-state index in [1.165, 1.54) is 5.56 Å². The van der Waals surface area contributed by atoms with Crippen LogP contribution in [0.15, 0.2) is 36.5 Å². The molecule has 106 valence electrons. The third kappa shape index (κ3) is 3.07. The van der Waals surface area contributed by atoms with Gasteiger partial charge < -0.3 is 5.32 Å². The van der Waals surface area contributed by atoms with Crippen LogP contribution in [0.2, 0.25) is 0 Å². The quantitative estimate of drug-likeness (QED) is 0.908. The van der Waals surface area contributed by atoms with Gasteiger partial charge in [-0.25, -0.2) is 0 Å². The van der Waals surface area contributed by atoms with Crippen molar-refractivity contribution in [1.82, 2.24) is 15.1 Å². The average molecular weight is 271 g/mol. The Morgan fingerprint density at radius 3 is 2.60 bits per heavy atom. The summed E-state index contributed by atoms with van der Waals surface area (Å²) in [6, 6.07) is 10.3. The van der Waals surface area contributed by atoms with Crippen LogP contribution in [0.1, 0.15) is 40.9 Å². The summed E-state index contributed by atoms with van der Waals surface area (Å²) in [6.45, 7) is 4.68. The van der Waals surface area contributed by atoms with E-state index in [1.54, 1.807) is 10.9 Å². The highest BCUT2D eigenvalue weighted by Crippen LogP contribution is 2.18. The van der Waals surface area contributed by atoms with E-state index >= 15 is 0 Å². The van der Waals surface area contributed by atoms with Crippen molar-refractivity contribution in [2.45, 2.75) is 26.2 Å². The molecule has 1 amide bonds. The Balaban J connectivity index is 2.00. The van der Waals surface area contributed by atoms with Gasteiger partial charge in [-0.2, -0.15) is 5.10 Å². The largest absolute Gasteiger partial charge is 0.351 e. The van der Waals surface area contributed by atoms with Crippen LogP contribution in [0.4, 0.5) is 0 Å². The average Bonchev–Trinajstić information content (AvgIpc) is 2.81. The van der Waals surface area contributed by atoms with E-state index in [-0.39, 0.29) is 5.91 Å². The van der Waals surface area contributed by atoms with Gasteiger partial charge in [-0.15, -0.1) is 0 Å². The van der Waals surface area contributed by atoms with Gasteiger partial charge in [0, 0.05) is 25.2 Å². The Hall–Kier alpha value is -2.10. The lowest BCUT2D eigenvalue weighted by Crippen LogP contribution is -2.28. The van der Waals surface area contributed by atoms with Crippen molar-refractivity contribution in [3.63, 3.8) is 0 Å². The van der Waals surface area contributed by atoms with Crippen LogP contribution in [0.5, 0.6) is 0 Å². The molecule has 1 N–H and O–H groups in total. The van der Waals surface area contributed by atoms with Gasteiger partial charge in [0.1, 0.15) is 0 Å². The Kier molecular flexibility index (Phi) is 4.56. The van der Waals surface area contributed by atoms with Crippen LogP contribution < -0.4 is 5.32 Å². The number of rotatable bonds is 5. The highest BCUT2D eigenvalue weighted by Gasteiger charge is 2.15. The van der Waals surface area contributed by atoms with Gasteiger partial charge >= 0.3 is 0 Å². The highest BCUT2D eigenvalue weighted by molar-refractivity contribution is 5.95. The van der Waals surface area contributed by atoms with E-state index < -0.39 is 0 Å². The van der Waals surface area contributed by atoms with E-state index in [2.05, 4.69) is 29.5 Å². The lowest BCUT2D eigenvalue weighted by atomic mass is 9.96. The molecule has 0 saturated heterocycles. The molecule has 4 nitrogen and oxygen atoms in total. The molecule has 1 aromatic heterocycles. The Bertz CT molecular complexity index is 575. The van der Waals surface area contributed by atoms with Gasteiger partial charge in [0.2, 0.25) is 0 Å². The van der Waals surface area contributed by atoms with E-state index in [0.29, 0.717) is 18.0 Å². The van der Waals surface area contributed by atoms with Gasteiger partial charge in [0.05, 0.1) is 11.8 Å². The minimum absolute atomic E-state index is 0.0509. The summed E-state index contributed by atoms with van der Waals surface area (Å²) in [5.74, 6) is 0.294. The van der Waals surface area contributed by atoms with Crippen LogP contribution in [-0.4, -0.2) is 22.2 Å². The molecule has 0 aliphatic heterocycles. The number of amides is 1. The Morgan fingerprint density at radius 2 is 2.05 bits per heavy atom. The number of carbonyl (C=O) groups excluding carboxylic acids is 1. The molecule has 0 aliphatic carbocycles. The van der Waals surface area contributed by atoms with Crippen molar-refractivity contribution in [3.8, 4) is 0 Å².